The molecule has 0 radical (unpaired) electrons. The topological polar surface area (TPSA) is 48.3 Å². The highest BCUT2D eigenvalue weighted by molar-refractivity contribution is 6.33. The van der Waals surface area contributed by atoms with Crippen LogP contribution in [-0.2, 0) is 7.05 Å². The van der Waals surface area contributed by atoms with E-state index in [0.717, 1.165) is 16.9 Å². The molecule has 0 bridgehead atoms. The van der Waals surface area contributed by atoms with Crippen molar-refractivity contribution >= 4 is 17.3 Å². The summed E-state index contributed by atoms with van der Waals surface area (Å²) < 4.78 is 12.5. The van der Waals surface area contributed by atoms with E-state index < -0.39 is 0 Å². The normalized spacial score (nSPS) is 14.4. The van der Waals surface area contributed by atoms with E-state index in [1.54, 1.807) is 6.07 Å². The number of halogens is 1. The van der Waals surface area contributed by atoms with Crippen molar-refractivity contribution in [1.82, 2.24) is 9.78 Å². The summed E-state index contributed by atoms with van der Waals surface area (Å²) in [4.78, 5) is 0. The molecule has 0 amide bonds. The fourth-order valence-electron chi connectivity index (χ4n) is 2.38. The quantitative estimate of drug-likeness (QED) is 0.943. The van der Waals surface area contributed by atoms with Gasteiger partial charge in [-0.25, -0.2) is 0 Å². The van der Waals surface area contributed by atoms with Gasteiger partial charge in [0, 0.05) is 30.9 Å². The zero-order chi connectivity index (χ0) is 14.3. The number of aromatic nitrogens is 2. The number of rotatable bonds is 3. The number of fused-ring (bicyclic) bond motifs is 1. The predicted octanol–water partition coefficient (Wildman–Crippen LogP) is 3.28. The number of aryl methyl sites for hydroxylation is 2. The van der Waals surface area contributed by atoms with Gasteiger partial charge in [-0.05, 0) is 13.8 Å². The average Bonchev–Trinajstić information content (AvgIpc) is 2.95. The second kappa shape index (κ2) is 4.90. The molecule has 6 heteroatoms. The third kappa shape index (κ3) is 2.29. The van der Waals surface area contributed by atoms with Gasteiger partial charge in [0.05, 0.1) is 22.4 Å². The smallest absolute Gasteiger partial charge is 0.231 e. The molecule has 0 fully saturated rings. The number of nitrogens with zero attached hydrogens (tertiary/aromatic N) is 2. The standard InChI is InChI=1S/C14H16ClN3O2/c1-8(10-6-18(3)17-9(10)2)16-12-5-14-13(4-11(12)15)19-7-20-14/h4-6,8,16H,7H2,1-3H3. The number of hydrogen-bond donors (Lipinski definition) is 1. The molecule has 1 atom stereocenters. The minimum absolute atomic E-state index is 0.0987. The van der Waals surface area contributed by atoms with E-state index in [2.05, 4.69) is 17.3 Å². The van der Waals surface area contributed by atoms with Gasteiger partial charge in [-0.2, -0.15) is 5.10 Å². The third-order valence-corrected chi connectivity index (χ3v) is 3.66. The summed E-state index contributed by atoms with van der Waals surface area (Å²) in [5, 5.41) is 8.36. The summed E-state index contributed by atoms with van der Waals surface area (Å²) in [7, 11) is 1.91. The summed E-state index contributed by atoms with van der Waals surface area (Å²) in [6, 6.07) is 3.74. The molecule has 2 heterocycles. The van der Waals surface area contributed by atoms with Crippen LogP contribution in [-0.4, -0.2) is 16.6 Å². The molecule has 1 aliphatic rings. The molecule has 5 nitrogen and oxygen atoms in total. The van der Waals surface area contributed by atoms with Crippen molar-refractivity contribution in [3.05, 3.63) is 34.6 Å². The minimum Gasteiger partial charge on any atom is -0.454 e. The number of anilines is 1. The number of hydrogen-bond acceptors (Lipinski definition) is 4. The molecular formula is C14H16ClN3O2. The van der Waals surface area contributed by atoms with E-state index in [0.29, 0.717) is 16.5 Å². The van der Waals surface area contributed by atoms with Gasteiger partial charge in [0.25, 0.3) is 0 Å². The lowest BCUT2D eigenvalue weighted by molar-refractivity contribution is 0.174. The molecule has 106 valence electrons. The number of ether oxygens (including phenoxy) is 2. The van der Waals surface area contributed by atoms with Gasteiger partial charge in [-0.1, -0.05) is 11.6 Å². The Morgan fingerprint density at radius 1 is 1.35 bits per heavy atom. The van der Waals surface area contributed by atoms with E-state index in [1.807, 2.05) is 30.9 Å². The van der Waals surface area contributed by atoms with Gasteiger partial charge < -0.3 is 14.8 Å². The Morgan fingerprint density at radius 3 is 2.70 bits per heavy atom. The van der Waals surface area contributed by atoms with Crippen LogP contribution in [0.1, 0.15) is 24.2 Å². The molecule has 3 rings (SSSR count). The van der Waals surface area contributed by atoms with E-state index in [9.17, 15) is 0 Å². The number of nitrogens with one attached hydrogen (secondary N) is 1. The van der Waals surface area contributed by atoms with Crippen LogP contribution in [0.4, 0.5) is 5.69 Å². The van der Waals surface area contributed by atoms with Crippen molar-refractivity contribution < 1.29 is 9.47 Å². The lowest BCUT2D eigenvalue weighted by atomic mass is 10.1. The lowest BCUT2D eigenvalue weighted by Crippen LogP contribution is -2.07. The van der Waals surface area contributed by atoms with Crippen molar-refractivity contribution in [2.75, 3.05) is 12.1 Å². The van der Waals surface area contributed by atoms with E-state index in [4.69, 9.17) is 21.1 Å². The summed E-state index contributed by atoms with van der Waals surface area (Å²) >= 11 is 6.27. The second-order valence-corrected chi connectivity index (χ2v) is 5.30. The van der Waals surface area contributed by atoms with Gasteiger partial charge in [-0.3, -0.25) is 4.68 Å². The highest BCUT2D eigenvalue weighted by Gasteiger charge is 2.18. The molecule has 1 aromatic heterocycles. The summed E-state index contributed by atoms with van der Waals surface area (Å²) in [5.41, 5.74) is 2.97. The van der Waals surface area contributed by atoms with E-state index >= 15 is 0 Å². The van der Waals surface area contributed by atoms with Crippen molar-refractivity contribution in [1.29, 1.82) is 0 Å². The first-order valence-corrected chi connectivity index (χ1v) is 6.78. The maximum atomic E-state index is 6.27. The monoisotopic (exact) mass is 293 g/mol. The summed E-state index contributed by atoms with van der Waals surface area (Å²) in [6.07, 6.45) is 2.01. The fourth-order valence-corrected chi connectivity index (χ4v) is 2.59. The highest BCUT2D eigenvalue weighted by Crippen LogP contribution is 2.40. The molecule has 0 spiro atoms. The van der Waals surface area contributed by atoms with Crippen LogP contribution >= 0.6 is 11.6 Å². The minimum atomic E-state index is 0.0987. The van der Waals surface area contributed by atoms with Gasteiger partial charge in [-0.15, -0.1) is 0 Å². The largest absolute Gasteiger partial charge is 0.454 e. The highest BCUT2D eigenvalue weighted by atomic mass is 35.5. The molecule has 1 N–H and O–H groups in total. The SMILES string of the molecule is Cc1nn(C)cc1C(C)Nc1cc2c(cc1Cl)OCO2. The Morgan fingerprint density at radius 2 is 2.05 bits per heavy atom. The molecule has 0 saturated carbocycles. The maximum absolute atomic E-state index is 6.27. The molecule has 1 unspecified atom stereocenters. The molecule has 2 aromatic rings. The van der Waals surface area contributed by atoms with Crippen molar-refractivity contribution in [3.8, 4) is 11.5 Å². The fraction of sp³-hybridized carbons (Fsp3) is 0.357. The van der Waals surface area contributed by atoms with Crippen molar-refractivity contribution in [3.63, 3.8) is 0 Å². The first-order chi connectivity index (χ1) is 9.54. The Bertz CT molecular complexity index is 654. The number of benzene rings is 1. The molecule has 0 saturated heterocycles. The Kier molecular flexibility index (Phi) is 3.22. The first kappa shape index (κ1) is 13.1. The second-order valence-electron chi connectivity index (χ2n) is 4.89. The van der Waals surface area contributed by atoms with Crippen LogP contribution < -0.4 is 14.8 Å². The van der Waals surface area contributed by atoms with Crippen LogP contribution in [0.25, 0.3) is 0 Å². The summed E-state index contributed by atoms with van der Waals surface area (Å²) in [5.74, 6) is 1.40. The average molecular weight is 294 g/mol. The first-order valence-electron chi connectivity index (χ1n) is 6.40. The third-order valence-electron chi connectivity index (χ3n) is 3.35. The Balaban J connectivity index is 1.86. The van der Waals surface area contributed by atoms with Crippen molar-refractivity contribution in [2.24, 2.45) is 7.05 Å². The van der Waals surface area contributed by atoms with Crippen LogP contribution in [0.3, 0.4) is 0 Å². The van der Waals surface area contributed by atoms with Crippen LogP contribution in [0.5, 0.6) is 11.5 Å². The summed E-state index contributed by atoms with van der Waals surface area (Å²) in [6.45, 7) is 4.31. The molecule has 20 heavy (non-hydrogen) atoms. The van der Waals surface area contributed by atoms with E-state index in [-0.39, 0.29) is 12.8 Å². The van der Waals surface area contributed by atoms with Gasteiger partial charge in [0.1, 0.15) is 0 Å². The lowest BCUT2D eigenvalue weighted by Gasteiger charge is -2.16. The van der Waals surface area contributed by atoms with Gasteiger partial charge in [0.15, 0.2) is 11.5 Å². The van der Waals surface area contributed by atoms with E-state index in [1.165, 1.54) is 0 Å². The predicted molar refractivity (Wildman–Crippen MR) is 77.6 cm³/mol. The molecule has 1 aromatic carbocycles. The maximum Gasteiger partial charge on any atom is 0.231 e. The van der Waals surface area contributed by atoms with Crippen molar-refractivity contribution in [2.45, 2.75) is 19.9 Å². The van der Waals surface area contributed by atoms with Gasteiger partial charge in [0.2, 0.25) is 6.79 Å². The molecule has 0 aliphatic carbocycles. The zero-order valence-electron chi connectivity index (χ0n) is 11.6. The Labute approximate surface area is 122 Å². The molecule has 1 aliphatic heterocycles. The van der Waals surface area contributed by atoms with Gasteiger partial charge >= 0.3 is 0 Å². The van der Waals surface area contributed by atoms with Crippen LogP contribution in [0.2, 0.25) is 5.02 Å². The van der Waals surface area contributed by atoms with Crippen LogP contribution in [0.15, 0.2) is 18.3 Å². The molecular weight excluding hydrogens is 278 g/mol. The Hall–Kier alpha value is -1.88. The van der Waals surface area contributed by atoms with Crippen LogP contribution in [0, 0.1) is 6.92 Å². The zero-order valence-corrected chi connectivity index (χ0v) is 12.4.